The zero-order valence-corrected chi connectivity index (χ0v) is 20.4. The average Bonchev–Trinajstić information content (AvgIpc) is 3.74. The van der Waals surface area contributed by atoms with E-state index in [4.69, 9.17) is 16.3 Å². The Kier molecular flexibility index (Phi) is 6.65. The highest BCUT2D eigenvalue weighted by Crippen LogP contribution is 2.49. The van der Waals surface area contributed by atoms with Crippen molar-refractivity contribution in [1.82, 2.24) is 15.3 Å². The predicted molar refractivity (Wildman–Crippen MR) is 130 cm³/mol. The fraction of sp³-hybridized carbons (Fsp3) is 0.577. The maximum Gasteiger partial charge on any atom is 0.225 e. The molecule has 0 radical (unpaired) electrons. The summed E-state index contributed by atoms with van der Waals surface area (Å²) >= 11 is 5.89. The van der Waals surface area contributed by atoms with Gasteiger partial charge in [0.05, 0.1) is 30.4 Å². The minimum absolute atomic E-state index is 0.0639. The van der Waals surface area contributed by atoms with E-state index in [-0.39, 0.29) is 23.7 Å². The molecule has 1 N–H and O–H groups in total. The van der Waals surface area contributed by atoms with Crippen molar-refractivity contribution in [3.63, 3.8) is 0 Å². The fourth-order valence-electron chi connectivity index (χ4n) is 5.13. The third-order valence-corrected chi connectivity index (χ3v) is 7.78. The molecule has 0 spiro atoms. The van der Waals surface area contributed by atoms with E-state index < -0.39 is 0 Å². The molecule has 34 heavy (non-hydrogen) atoms. The summed E-state index contributed by atoms with van der Waals surface area (Å²) in [5.74, 6) is 2.99. The van der Waals surface area contributed by atoms with E-state index in [1.54, 1.807) is 24.5 Å². The van der Waals surface area contributed by atoms with E-state index in [1.807, 2.05) is 6.92 Å². The highest BCUT2D eigenvalue weighted by atomic mass is 35.5. The van der Waals surface area contributed by atoms with Gasteiger partial charge in [-0.15, -0.1) is 0 Å². The summed E-state index contributed by atoms with van der Waals surface area (Å²) in [4.78, 5) is 23.0. The second kappa shape index (κ2) is 9.68. The molecule has 2 heterocycles. The van der Waals surface area contributed by atoms with Gasteiger partial charge in [0.2, 0.25) is 11.9 Å². The Bertz CT molecular complexity index is 1020. The average molecular weight is 487 g/mol. The van der Waals surface area contributed by atoms with Gasteiger partial charge in [-0.25, -0.2) is 14.4 Å². The number of carbonyl (C=O) groups is 1. The molecule has 3 aliphatic rings. The minimum Gasteiger partial charge on any atom is -0.493 e. The van der Waals surface area contributed by atoms with Crippen molar-refractivity contribution in [2.45, 2.75) is 57.4 Å². The summed E-state index contributed by atoms with van der Waals surface area (Å²) in [5, 5.41) is 3.53. The predicted octanol–water partition coefficient (Wildman–Crippen LogP) is 4.80. The van der Waals surface area contributed by atoms with Crippen molar-refractivity contribution >= 4 is 23.5 Å². The van der Waals surface area contributed by atoms with Crippen LogP contribution in [-0.2, 0) is 11.2 Å². The molecule has 2 aliphatic carbocycles. The molecule has 1 aliphatic heterocycles. The molecule has 1 amide bonds. The van der Waals surface area contributed by atoms with E-state index in [1.165, 1.54) is 12.5 Å². The molecule has 8 heteroatoms. The number of nitrogens with zero attached hydrogens (tertiary/aromatic N) is 3. The second-order valence-electron chi connectivity index (χ2n) is 10.4. The van der Waals surface area contributed by atoms with Crippen LogP contribution in [0.25, 0.3) is 0 Å². The molecule has 3 fully saturated rings. The lowest BCUT2D eigenvalue weighted by Crippen LogP contribution is -2.35. The number of halogens is 2. The topological polar surface area (TPSA) is 67.3 Å². The van der Waals surface area contributed by atoms with Gasteiger partial charge >= 0.3 is 0 Å². The van der Waals surface area contributed by atoms with Crippen LogP contribution in [0.1, 0.15) is 51.0 Å². The number of nitrogens with one attached hydrogen (secondary N) is 1. The summed E-state index contributed by atoms with van der Waals surface area (Å²) in [6.07, 6.45) is 9.93. The van der Waals surface area contributed by atoms with Crippen molar-refractivity contribution in [2.75, 3.05) is 24.6 Å². The molecule has 1 aromatic carbocycles. The molecule has 182 valence electrons. The first-order valence-electron chi connectivity index (χ1n) is 12.3. The van der Waals surface area contributed by atoms with Gasteiger partial charge in [0.25, 0.3) is 0 Å². The van der Waals surface area contributed by atoms with Crippen molar-refractivity contribution < 1.29 is 13.9 Å². The lowest BCUT2D eigenvalue weighted by atomic mass is 9.90. The summed E-state index contributed by atoms with van der Waals surface area (Å²) < 4.78 is 20.3. The number of benzene rings is 1. The van der Waals surface area contributed by atoms with Crippen LogP contribution in [0.15, 0.2) is 30.6 Å². The van der Waals surface area contributed by atoms with Crippen LogP contribution < -0.4 is 15.0 Å². The summed E-state index contributed by atoms with van der Waals surface area (Å²) in [7, 11) is 0. The van der Waals surface area contributed by atoms with E-state index in [2.05, 4.69) is 20.2 Å². The number of hydrogen-bond donors (Lipinski definition) is 1. The van der Waals surface area contributed by atoms with Gasteiger partial charge in [0.1, 0.15) is 11.6 Å². The van der Waals surface area contributed by atoms with Crippen molar-refractivity contribution in [2.24, 2.45) is 17.8 Å². The molecule has 6 nitrogen and oxygen atoms in total. The van der Waals surface area contributed by atoms with Gasteiger partial charge in [0.15, 0.2) is 0 Å². The van der Waals surface area contributed by atoms with Crippen LogP contribution in [0, 0.1) is 23.6 Å². The van der Waals surface area contributed by atoms with E-state index in [0.29, 0.717) is 28.9 Å². The maximum atomic E-state index is 14.5. The standard InChI is InChI=1S/C26H32ClFN4O2/c1-26(7-8-26)31-24(33)13-19-2-3-21(14-23(19)28)34-11-6-18-12-22(18)17-4-9-32(10-5-17)25-29-15-20(27)16-30-25/h2-3,14-18,22H,4-13H2,1H3,(H,31,33)/t18-,22-/m1/s1. The Labute approximate surface area is 205 Å². The highest BCUT2D eigenvalue weighted by Gasteiger charge is 2.43. The number of hydrogen-bond acceptors (Lipinski definition) is 5. The Morgan fingerprint density at radius 3 is 2.68 bits per heavy atom. The van der Waals surface area contributed by atoms with Crippen LogP contribution in [0.3, 0.4) is 0 Å². The number of anilines is 1. The second-order valence-corrected chi connectivity index (χ2v) is 10.8. The third-order valence-electron chi connectivity index (χ3n) is 7.59. The molecule has 0 bridgehead atoms. The van der Waals surface area contributed by atoms with Gasteiger partial charge in [-0.3, -0.25) is 4.79 Å². The van der Waals surface area contributed by atoms with Crippen LogP contribution >= 0.6 is 11.6 Å². The number of rotatable bonds is 9. The van der Waals surface area contributed by atoms with Crippen molar-refractivity contribution in [3.8, 4) is 5.75 Å². The first kappa shape index (κ1) is 23.3. The Morgan fingerprint density at radius 1 is 1.26 bits per heavy atom. The highest BCUT2D eigenvalue weighted by molar-refractivity contribution is 6.30. The van der Waals surface area contributed by atoms with E-state index in [9.17, 15) is 9.18 Å². The smallest absolute Gasteiger partial charge is 0.225 e. The molecule has 1 saturated heterocycles. The van der Waals surface area contributed by atoms with Crippen molar-refractivity contribution in [1.29, 1.82) is 0 Å². The van der Waals surface area contributed by atoms with Gasteiger partial charge in [-0.05, 0) is 74.8 Å². The van der Waals surface area contributed by atoms with E-state index in [0.717, 1.165) is 63.0 Å². The zero-order chi connectivity index (χ0) is 23.7. The molecule has 5 rings (SSSR count). The lowest BCUT2D eigenvalue weighted by Gasteiger charge is -2.32. The number of piperidine rings is 1. The molecule has 2 saturated carbocycles. The van der Waals surface area contributed by atoms with Gasteiger partial charge in [0, 0.05) is 24.7 Å². The number of aromatic nitrogens is 2. The summed E-state index contributed by atoms with van der Waals surface area (Å²) in [5.41, 5.74) is 0.325. The number of ether oxygens (including phenoxy) is 1. The monoisotopic (exact) mass is 486 g/mol. The Morgan fingerprint density at radius 2 is 2.00 bits per heavy atom. The van der Waals surface area contributed by atoms with Gasteiger partial charge in [-0.2, -0.15) is 0 Å². The zero-order valence-electron chi connectivity index (χ0n) is 19.6. The van der Waals surface area contributed by atoms with E-state index >= 15 is 0 Å². The van der Waals surface area contributed by atoms with Crippen LogP contribution in [-0.4, -0.2) is 41.1 Å². The SMILES string of the molecule is CC1(NC(=O)Cc2ccc(OCC[C@@H]3C[C@@H]3C3CCN(c4ncc(Cl)cn4)CC3)cc2F)CC1. The molecule has 1 aromatic heterocycles. The maximum absolute atomic E-state index is 14.5. The molecule has 2 aromatic rings. The number of carbonyl (C=O) groups excluding carboxylic acids is 1. The quantitative estimate of drug-likeness (QED) is 0.551. The fourth-order valence-corrected chi connectivity index (χ4v) is 5.23. The first-order valence-corrected chi connectivity index (χ1v) is 12.7. The largest absolute Gasteiger partial charge is 0.493 e. The van der Waals surface area contributed by atoms with Crippen LogP contribution in [0.2, 0.25) is 5.02 Å². The van der Waals surface area contributed by atoms with Crippen LogP contribution in [0.5, 0.6) is 5.75 Å². The third kappa shape index (κ3) is 5.80. The van der Waals surface area contributed by atoms with Gasteiger partial charge in [-0.1, -0.05) is 17.7 Å². The molecular weight excluding hydrogens is 455 g/mol. The van der Waals surface area contributed by atoms with Gasteiger partial charge < -0.3 is 15.0 Å². The Hall–Kier alpha value is -2.41. The molecule has 2 atom stereocenters. The summed E-state index contributed by atoms with van der Waals surface area (Å²) in [6.45, 7) is 4.57. The normalized spacial score (nSPS) is 23.4. The first-order chi connectivity index (χ1) is 16.4. The molecule has 0 unspecified atom stereocenters. The Balaban J connectivity index is 1.02. The number of amides is 1. The van der Waals surface area contributed by atoms with Crippen LogP contribution in [0.4, 0.5) is 10.3 Å². The minimum atomic E-state index is -0.380. The lowest BCUT2D eigenvalue weighted by molar-refractivity contribution is -0.121. The summed E-state index contributed by atoms with van der Waals surface area (Å²) in [6, 6.07) is 4.83. The van der Waals surface area contributed by atoms with Crippen molar-refractivity contribution in [3.05, 3.63) is 47.0 Å². The molecular formula is C26H32ClFN4O2.